The number of aromatic nitrogens is 1. The molecule has 5 rings (SSSR count). The van der Waals surface area contributed by atoms with Gasteiger partial charge in [-0.15, -0.1) is 0 Å². The third kappa shape index (κ3) is 3.54. The van der Waals surface area contributed by atoms with E-state index in [1.807, 2.05) is 20.8 Å². The first-order valence-corrected chi connectivity index (χ1v) is 11.4. The number of amides is 3. The summed E-state index contributed by atoms with van der Waals surface area (Å²) >= 11 is 0. The average Bonchev–Trinajstić information content (AvgIpc) is 3.44. The third-order valence-corrected chi connectivity index (χ3v) is 6.69. The van der Waals surface area contributed by atoms with E-state index >= 15 is 0 Å². The summed E-state index contributed by atoms with van der Waals surface area (Å²) in [5, 5.41) is 9.43. The van der Waals surface area contributed by atoms with Crippen LogP contribution in [0.15, 0.2) is 47.0 Å². The molecule has 9 nitrogen and oxygen atoms in total. The molecule has 2 fully saturated rings. The zero-order chi connectivity index (χ0) is 25.3. The number of hydrogen-bond acceptors (Lipinski definition) is 6. The second-order valence-electron chi connectivity index (χ2n) is 10.6. The van der Waals surface area contributed by atoms with Gasteiger partial charge >= 0.3 is 0 Å². The van der Waals surface area contributed by atoms with Crippen molar-refractivity contribution < 1.29 is 28.0 Å². The average molecular weight is 483 g/mol. The van der Waals surface area contributed by atoms with Gasteiger partial charge in [-0.25, -0.2) is 4.39 Å². The molecule has 10 heteroatoms. The van der Waals surface area contributed by atoms with Gasteiger partial charge in [0.25, 0.3) is 0 Å². The molecule has 1 aromatic heterocycles. The van der Waals surface area contributed by atoms with Gasteiger partial charge in [0.15, 0.2) is 5.82 Å². The molecule has 1 aromatic carbocycles. The predicted octanol–water partition coefficient (Wildman–Crippen LogP) is 2.72. The lowest BCUT2D eigenvalue weighted by Gasteiger charge is -2.35. The second-order valence-corrected chi connectivity index (χ2v) is 10.6. The highest BCUT2D eigenvalue weighted by Crippen LogP contribution is 2.60. The molecule has 2 saturated heterocycles. The molecule has 0 saturated carbocycles. The highest BCUT2D eigenvalue weighted by atomic mass is 19.1. The van der Waals surface area contributed by atoms with Crippen LogP contribution in [0, 0.1) is 24.6 Å². The van der Waals surface area contributed by atoms with Crippen molar-refractivity contribution in [2.75, 3.05) is 10.2 Å². The van der Waals surface area contributed by atoms with Crippen molar-refractivity contribution in [2.45, 2.75) is 57.4 Å². The Kier molecular flexibility index (Phi) is 4.96. The first-order chi connectivity index (χ1) is 16.3. The van der Waals surface area contributed by atoms with Gasteiger partial charge in [0.1, 0.15) is 23.2 Å². The Hall–Kier alpha value is -3.53. The molecule has 2 N–H and O–H groups in total. The van der Waals surface area contributed by atoms with Gasteiger partial charge in [0.2, 0.25) is 17.7 Å². The van der Waals surface area contributed by atoms with Crippen LogP contribution in [-0.2, 0) is 19.1 Å². The number of ether oxygens (including phenoxy) is 1. The number of aryl methyl sites for hydroxylation is 1. The SMILES string of the molecule is Cc1cc(NC(=O)[C@@H]2[C@@H]3C(=O)N(c4cccc(F)c4)[C@H](C(=O)NC(C)(C)C)[C@@]34C=C[C@@]2(C)O4)no1. The highest BCUT2D eigenvalue weighted by Gasteiger charge is 2.76. The normalized spacial score (nSPS) is 31.1. The molecule has 0 radical (unpaired) electrons. The zero-order valence-electron chi connectivity index (χ0n) is 20.1. The number of halogens is 1. The fourth-order valence-corrected chi connectivity index (χ4v) is 5.51. The number of nitrogens with zero attached hydrogens (tertiary/aromatic N) is 2. The summed E-state index contributed by atoms with van der Waals surface area (Å²) in [5.74, 6) is -3.23. The smallest absolute Gasteiger partial charge is 0.246 e. The molecule has 0 unspecified atom stereocenters. The minimum absolute atomic E-state index is 0.213. The maximum absolute atomic E-state index is 14.2. The van der Waals surface area contributed by atoms with Crippen molar-refractivity contribution in [1.82, 2.24) is 10.5 Å². The van der Waals surface area contributed by atoms with Crippen LogP contribution in [0.4, 0.5) is 15.9 Å². The maximum atomic E-state index is 14.2. The van der Waals surface area contributed by atoms with Crippen molar-refractivity contribution in [3.8, 4) is 0 Å². The fourth-order valence-electron chi connectivity index (χ4n) is 5.51. The molecule has 2 bridgehead atoms. The minimum atomic E-state index is -1.41. The summed E-state index contributed by atoms with van der Waals surface area (Å²) in [7, 11) is 0. The molecule has 4 heterocycles. The number of nitrogens with one attached hydrogen (secondary N) is 2. The highest BCUT2D eigenvalue weighted by molar-refractivity contribution is 6.11. The molecular weight excluding hydrogens is 455 g/mol. The monoisotopic (exact) mass is 482 g/mol. The van der Waals surface area contributed by atoms with Crippen molar-refractivity contribution in [3.05, 3.63) is 54.1 Å². The number of anilines is 2. The summed E-state index contributed by atoms with van der Waals surface area (Å²) in [4.78, 5) is 42.3. The van der Waals surface area contributed by atoms with Crippen molar-refractivity contribution in [1.29, 1.82) is 0 Å². The zero-order valence-corrected chi connectivity index (χ0v) is 20.1. The number of carbonyl (C=O) groups is 3. The van der Waals surface area contributed by atoms with E-state index in [0.717, 1.165) is 0 Å². The molecule has 35 heavy (non-hydrogen) atoms. The molecular formula is C25H27FN4O5. The second kappa shape index (κ2) is 7.48. The number of carbonyl (C=O) groups excluding carboxylic acids is 3. The largest absolute Gasteiger partial charge is 0.360 e. The van der Waals surface area contributed by atoms with Crippen LogP contribution in [0.2, 0.25) is 0 Å². The number of rotatable bonds is 4. The lowest BCUT2D eigenvalue weighted by atomic mass is 9.70. The first kappa shape index (κ1) is 23.2. The van der Waals surface area contributed by atoms with Gasteiger partial charge in [-0.3, -0.25) is 19.3 Å². The Morgan fingerprint density at radius 3 is 2.54 bits per heavy atom. The molecule has 2 aromatic rings. The van der Waals surface area contributed by atoms with Crippen molar-refractivity contribution >= 4 is 29.2 Å². The van der Waals surface area contributed by atoms with Crippen LogP contribution in [0.5, 0.6) is 0 Å². The minimum Gasteiger partial charge on any atom is -0.360 e. The lowest BCUT2D eigenvalue weighted by Crippen LogP contribution is -2.58. The van der Waals surface area contributed by atoms with Gasteiger partial charge in [0.05, 0.1) is 17.4 Å². The van der Waals surface area contributed by atoms with E-state index in [-0.39, 0.29) is 11.5 Å². The number of hydrogen-bond donors (Lipinski definition) is 2. The van der Waals surface area contributed by atoms with E-state index in [9.17, 15) is 18.8 Å². The maximum Gasteiger partial charge on any atom is 0.246 e. The van der Waals surface area contributed by atoms with Crippen LogP contribution in [0.25, 0.3) is 0 Å². The number of fused-ring (bicyclic) bond motifs is 1. The standard InChI is InChI=1S/C25H27FN4O5/c1-13-11-16(29-34-13)27-20(31)17-18-22(33)30(15-8-6-7-14(26)12-15)19(21(32)28-23(2,3)4)25(18)10-9-24(17,5)35-25/h6-12,17-19H,1-5H3,(H,28,32)(H,27,29,31)/t17-,18+,19+,24+,25+/m0/s1. The Balaban J connectivity index is 1.60. The van der Waals surface area contributed by atoms with E-state index in [2.05, 4.69) is 15.8 Å². The Morgan fingerprint density at radius 1 is 1.17 bits per heavy atom. The van der Waals surface area contributed by atoms with E-state index in [1.54, 1.807) is 38.1 Å². The predicted molar refractivity (Wildman–Crippen MR) is 124 cm³/mol. The summed E-state index contributed by atoms with van der Waals surface area (Å²) in [6.07, 6.45) is 3.42. The summed E-state index contributed by atoms with van der Waals surface area (Å²) in [6.45, 7) is 8.88. The quantitative estimate of drug-likeness (QED) is 0.648. The van der Waals surface area contributed by atoms with Gasteiger partial charge in [-0.05, 0) is 52.8 Å². The topological polar surface area (TPSA) is 114 Å². The van der Waals surface area contributed by atoms with Gasteiger partial charge < -0.3 is 19.9 Å². The van der Waals surface area contributed by atoms with Crippen molar-refractivity contribution in [2.24, 2.45) is 11.8 Å². The van der Waals surface area contributed by atoms with Gasteiger partial charge in [-0.2, -0.15) is 0 Å². The Morgan fingerprint density at radius 2 is 1.91 bits per heavy atom. The van der Waals surface area contributed by atoms with Crippen LogP contribution in [-0.4, -0.2) is 45.7 Å². The molecule has 0 aliphatic carbocycles. The van der Waals surface area contributed by atoms with Crippen LogP contribution in [0.1, 0.15) is 33.5 Å². The van der Waals surface area contributed by atoms with Crippen LogP contribution in [0.3, 0.4) is 0 Å². The molecule has 184 valence electrons. The van der Waals surface area contributed by atoms with E-state index in [0.29, 0.717) is 5.76 Å². The Labute approximate surface area is 201 Å². The molecule has 5 atom stereocenters. The van der Waals surface area contributed by atoms with E-state index < -0.39 is 58.2 Å². The molecule has 3 amide bonds. The molecule has 3 aliphatic rings. The summed E-state index contributed by atoms with van der Waals surface area (Å²) in [6, 6.07) is 5.89. The summed E-state index contributed by atoms with van der Waals surface area (Å²) < 4.78 is 25.6. The summed E-state index contributed by atoms with van der Waals surface area (Å²) in [5.41, 5.74) is -2.93. The first-order valence-electron chi connectivity index (χ1n) is 11.4. The van der Waals surface area contributed by atoms with Crippen LogP contribution < -0.4 is 15.5 Å². The fraction of sp³-hybridized carbons (Fsp3) is 0.440. The Bertz CT molecular complexity index is 1270. The van der Waals surface area contributed by atoms with Crippen molar-refractivity contribution in [3.63, 3.8) is 0 Å². The number of benzene rings is 1. The lowest BCUT2D eigenvalue weighted by molar-refractivity contribution is -0.131. The van der Waals surface area contributed by atoms with E-state index in [4.69, 9.17) is 9.26 Å². The van der Waals surface area contributed by atoms with Gasteiger partial charge in [-0.1, -0.05) is 23.4 Å². The molecule has 3 aliphatic heterocycles. The van der Waals surface area contributed by atoms with Gasteiger partial charge in [0, 0.05) is 17.3 Å². The molecule has 1 spiro atoms. The van der Waals surface area contributed by atoms with Crippen LogP contribution >= 0.6 is 0 Å². The van der Waals surface area contributed by atoms with E-state index in [1.165, 1.54) is 23.1 Å². The third-order valence-electron chi connectivity index (χ3n) is 6.69.